The largest absolute Gasteiger partial charge is 0.454 e. The second-order valence-electron chi connectivity index (χ2n) is 9.45. The summed E-state index contributed by atoms with van der Waals surface area (Å²) in [5, 5.41) is 3.12. The number of hydrogen-bond acceptors (Lipinski definition) is 5. The number of hydrogen-bond donors (Lipinski definition) is 1. The molecule has 0 bridgehead atoms. The lowest BCUT2D eigenvalue weighted by Crippen LogP contribution is -2.57. The van der Waals surface area contributed by atoms with Crippen molar-refractivity contribution in [3.05, 3.63) is 54.1 Å². The molecule has 1 atom stereocenters. The van der Waals surface area contributed by atoms with Crippen LogP contribution in [-0.2, 0) is 16.0 Å². The second kappa shape index (κ2) is 10.5. The van der Waals surface area contributed by atoms with Crippen LogP contribution in [0.5, 0.6) is 11.5 Å². The Hall–Kier alpha value is -3.06. The summed E-state index contributed by atoms with van der Waals surface area (Å²) in [6.45, 7) is 3.02. The minimum absolute atomic E-state index is 0.0367. The Kier molecular flexibility index (Phi) is 7.00. The van der Waals surface area contributed by atoms with Crippen LogP contribution in [-0.4, -0.2) is 60.6 Å². The fraction of sp³-hybridized carbons (Fsp3) is 0.481. The zero-order chi connectivity index (χ0) is 23.3. The van der Waals surface area contributed by atoms with Gasteiger partial charge in [0.2, 0.25) is 18.6 Å². The van der Waals surface area contributed by atoms with Gasteiger partial charge < -0.3 is 19.7 Å². The molecule has 7 nitrogen and oxygen atoms in total. The summed E-state index contributed by atoms with van der Waals surface area (Å²) in [4.78, 5) is 30.5. The van der Waals surface area contributed by atoms with Crippen molar-refractivity contribution in [3.8, 4) is 11.5 Å². The average Bonchev–Trinajstić information content (AvgIpc) is 3.56. The number of ether oxygens (including phenoxy) is 2. The Morgan fingerprint density at radius 3 is 2.44 bits per heavy atom. The third-order valence-electron chi connectivity index (χ3n) is 7.29. The van der Waals surface area contributed by atoms with Crippen LogP contribution in [0, 0.1) is 5.92 Å². The van der Waals surface area contributed by atoms with Gasteiger partial charge >= 0.3 is 0 Å². The van der Waals surface area contributed by atoms with Crippen molar-refractivity contribution in [2.75, 3.05) is 38.3 Å². The number of carbonyl (C=O) groups is 2. The van der Waals surface area contributed by atoms with E-state index >= 15 is 0 Å². The van der Waals surface area contributed by atoms with E-state index in [1.165, 1.54) is 18.4 Å². The quantitative estimate of drug-likeness (QED) is 0.678. The lowest BCUT2D eigenvalue weighted by molar-refractivity contribution is -0.134. The van der Waals surface area contributed by atoms with Gasteiger partial charge in [-0.05, 0) is 42.9 Å². The van der Waals surface area contributed by atoms with Crippen LogP contribution in [0.3, 0.4) is 0 Å². The fourth-order valence-corrected chi connectivity index (χ4v) is 5.45. The molecular weight excluding hydrogens is 430 g/mol. The Morgan fingerprint density at radius 1 is 0.941 bits per heavy atom. The van der Waals surface area contributed by atoms with E-state index in [0.717, 1.165) is 38.0 Å². The molecule has 1 saturated heterocycles. The highest BCUT2D eigenvalue weighted by molar-refractivity contribution is 5.95. The topological polar surface area (TPSA) is 71.1 Å². The SMILES string of the molecule is O=C(Nc1ccc2c(c1)OCO2)[C@@H](C1CCCC1)N1CCN(C(=O)CCc2ccccc2)CC1. The normalized spacial score (nSPS) is 19.2. The summed E-state index contributed by atoms with van der Waals surface area (Å²) in [5.41, 5.74) is 1.92. The lowest BCUT2D eigenvalue weighted by Gasteiger charge is -2.40. The summed E-state index contributed by atoms with van der Waals surface area (Å²) in [7, 11) is 0. The molecule has 180 valence electrons. The van der Waals surface area contributed by atoms with Crippen LogP contribution in [0.15, 0.2) is 48.5 Å². The van der Waals surface area contributed by atoms with Crippen LogP contribution in [0.2, 0.25) is 0 Å². The molecular formula is C27H33N3O4. The molecule has 34 heavy (non-hydrogen) atoms. The predicted molar refractivity (Wildman–Crippen MR) is 130 cm³/mol. The maximum Gasteiger partial charge on any atom is 0.242 e. The number of piperazine rings is 1. The van der Waals surface area contributed by atoms with Crippen molar-refractivity contribution in [1.82, 2.24) is 9.80 Å². The number of anilines is 1. The molecule has 0 unspecified atom stereocenters. The maximum atomic E-state index is 13.5. The van der Waals surface area contributed by atoms with E-state index in [9.17, 15) is 9.59 Å². The van der Waals surface area contributed by atoms with Gasteiger partial charge in [0.15, 0.2) is 11.5 Å². The molecule has 0 aromatic heterocycles. The number of nitrogens with zero attached hydrogens (tertiary/aromatic N) is 2. The van der Waals surface area contributed by atoms with Gasteiger partial charge in [0.05, 0.1) is 6.04 Å². The molecule has 7 heteroatoms. The van der Waals surface area contributed by atoms with Crippen molar-refractivity contribution in [1.29, 1.82) is 0 Å². The minimum Gasteiger partial charge on any atom is -0.454 e. The summed E-state index contributed by atoms with van der Waals surface area (Å²) < 4.78 is 10.8. The van der Waals surface area contributed by atoms with Gasteiger partial charge in [0.1, 0.15) is 0 Å². The van der Waals surface area contributed by atoms with E-state index in [1.807, 2.05) is 41.3 Å². The van der Waals surface area contributed by atoms with Crippen molar-refractivity contribution < 1.29 is 19.1 Å². The first kappa shape index (κ1) is 22.7. The first-order chi connectivity index (χ1) is 16.7. The van der Waals surface area contributed by atoms with Gasteiger partial charge in [-0.2, -0.15) is 0 Å². The molecule has 0 spiro atoms. The lowest BCUT2D eigenvalue weighted by atomic mass is 9.94. The summed E-state index contributed by atoms with van der Waals surface area (Å²) in [6.07, 6.45) is 5.81. The van der Waals surface area contributed by atoms with E-state index in [4.69, 9.17) is 9.47 Å². The minimum atomic E-state index is -0.172. The molecule has 2 amide bonds. The van der Waals surface area contributed by atoms with Gasteiger partial charge in [-0.3, -0.25) is 14.5 Å². The van der Waals surface area contributed by atoms with Crippen LogP contribution in [0.25, 0.3) is 0 Å². The number of benzene rings is 2. The van der Waals surface area contributed by atoms with Crippen LogP contribution in [0.4, 0.5) is 5.69 Å². The van der Waals surface area contributed by atoms with Crippen molar-refractivity contribution in [3.63, 3.8) is 0 Å². The van der Waals surface area contributed by atoms with Crippen LogP contribution in [0.1, 0.15) is 37.7 Å². The smallest absolute Gasteiger partial charge is 0.242 e. The predicted octanol–water partition coefficient (Wildman–Crippen LogP) is 3.69. The van der Waals surface area contributed by atoms with Gasteiger partial charge in [0.25, 0.3) is 0 Å². The number of fused-ring (bicyclic) bond motifs is 1. The highest BCUT2D eigenvalue weighted by atomic mass is 16.7. The van der Waals surface area contributed by atoms with E-state index in [1.54, 1.807) is 0 Å². The van der Waals surface area contributed by atoms with E-state index < -0.39 is 0 Å². The van der Waals surface area contributed by atoms with Crippen molar-refractivity contribution in [2.24, 2.45) is 5.92 Å². The molecule has 2 heterocycles. The van der Waals surface area contributed by atoms with Crippen molar-refractivity contribution in [2.45, 2.75) is 44.6 Å². The van der Waals surface area contributed by atoms with Crippen LogP contribution < -0.4 is 14.8 Å². The first-order valence-corrected chi connectivity index (χ1v) is 12.4. The molecule has 2 aromatic rings. The summed E-state index contributed by atoms with van der Waals surface area (Å²) in [6, 6.07) is 15.5. The summed E-state index contributed by atoms with van der Waals surface area (Å²) >= 11 is 0. The Morgan fingerprint density at radius 2 is 1.68 bits per heavy atom. The molecule has 1 N–H and O–H groups in total. The Labute approximate surface area is 201 Å². The van der Waals surface area contributed by atoms with Gasteiger partial charge in [0, 0.05) is 44.4 Å². The number of carbonyl (C=O) groups excluding carboxylic acids is 2. The van der Waals surface area contributed by atoms with Crippen LogP contribution >= 0.6 is 0 Å². The van der Waals surface area contributed by atoms with E-state index in [2.05, 4.69) is 22.3 Å². The molecule has 3 aliphatic rings. The zero-order valence-electron chi connectivity index (χ0n) is 19.6. The highest BCUT2D eigenvalue weighted by Crippen LogP contribution is 2.35. The maximum absolute atomic E-state index is 13.5. The number of rotatable bonds is 7. The van der Waals surface area contributed by atoms with E-state index in [-0.39, 0.29) is 24.6 Å². The molecule has 5 rings (SSSR count). The molecule has 1 saturated carbocycles. The molecule has 1 aliphatic carbocycles. The fourth-order valence-electron chi connectivity index (χ4n) is 5.45. The molecule has 2 aliphatic heterocycles. The first-order valence-electron chi connectivity index (χ1n) is 12.4. The average molecular weight is 464 g/mol. The standard InChI is InChI=1S/C27H33N3O4/c31-25(13-10-20-6-2-1-3-7-20)29-14-16-30(17-15-29)26(21-8-4-5-9-21)27(32)28-22-11-12-23-24(18-22)34-19-33-23/h1-3,6-7,11-12,18,21,26H,4-5,8-10,13-17,19H2,(H,28,32)/t26-/m1/s1. The monoisotopic (exact) mass is 463 g/mol. The number of aryl methyl sites for hydroxylation is 1. The van der Waals surface area contributed by atoms with Crippen molar-refractivity contribution >= 4 is 17.5 Å². The van der Waals surface area contributed by atoms with Gasteiger partial charge in [-0.15, -0.1) is 0 Å². The Balaban J connectivity index is 1.19. The highest BCUT2D eigenvalue weighted by Gasteiger charge is 2.37. The Bertz CT molecular complexity index is 998. The molecule has 2 fully saturated rings. The summed E-state index contributed by atoms with van der Waals surface area (Å²) in [5.74, 6) is 1.96. The number of nitrogens with one attached hydrogen (secondary N) is 1. The molecule has 0 radical (unpaired) electrons. The third kappa shape index (κ3) is 5.20. The van der Waals surface area contributed by atoms with Gasteiger partial charge in [-0.25, -0.2) is 0 Å². The second-order valence-corrected chi connectivity index (χ2v) is 9.45. The third-order valence-corrected chi connectivity index (χ3v) is 7.29. The molecule has 2 aromatic carbocycles. The zero-order valence-corrected chi connectivity index (χ0v) is 19.6. The van der Waals surface area contributed by atoms with Gasteiger partial charge in [-0.1, -0.05) is 43.2 Å². The van der Waals surface area contributed by atoms with E-state index in [0.29, 0.717) is 36.9 Å². The number of amides is 2.